The summed E-state index contributed by atoms with van der Waals surface area (Å²) in [5, 5.41) is 13.8. The summed E-state index contributed by atoms with van der Waals surface area (Å²) in [6.45, 7) is 2.94. The fraction of sp³-hybridized carbons (Fsp3) is 0.387. The van der Waals surface area contributed by atoms with Crippen LogP contribution in [0.3, 0.4) is 0 Å². The van der Waals surface area contributed by atoms with Crippen LogP contribution in [0.15, 0.2) is 77.2 Å². The second-order valence-electron chi connectivity index (χ2n) is 11.1. The third-order valence-corrected chi connectivity index (χ3v) is 9.34. The highest BCUT2D eigenvalue weighted by Crippen LogP contribution is 2.36. The summed E-state index contributed by atoms with van der Waals surface area (Å²) in [5.74, 6) is -0.277. The number of nitrogens with zero attached hydrogens (tertiary/aromatic N) is 4. The van der Waals surface area contributed by atoms with E-state index in [1.165, 1.54) is 28.3 Å². The van der Waals surface area contributed by atoms with Gasteiger partial charge in [-0.1, -0.05) is 48.5 Å². The van der Waals surface area contributed by atoms with Gasteiger partial charge in [-0.15, -0.1) is 11.3 Å². The zero-order valence-corrected chi connectivity index (χ0v) is 23.1. The molecule has 1 amide bonds. The smallest absolute Gasteiger partial charge is 0.262 e. The average molecular weight is 561 g/mol. The number of hydrogen-bond acceptors (Lipinski definition) is 6. The number of piperidine rings is 2. The summed E-state index contributed by atoms with van der Waals surface area (Å²) in [4.78, 5) is 35.9. The Kier molecular flexibility index (Phi) is 7.53. The highest BCUT2D eigenvalue weighted by atomic mass is 32.1. The summed E-state index contributed by atoms with van der Waals surface area (Å²) in [6.07, 6.45) is 3.00. The molecule has 2 aliphatic rings. The largest absolute Gasteiger partial charge is 0.388 e. The molecule has 40 heavy (non-hydrogen) atoms. The van der Waals surface area contributed by atoms with Crippen molar-refractivity contribution in [3.05, 3.63) is 99.7 Å². The minimum absolute atomic E-state index is 0.00276. The van der Waals surface area contributed by atoms with Gasteiger partial charge in [0.1, 0.15) is 10.6 Å². The Hall–Kier alpha value is -3.40. The van der Waals surface area contributed by atoms with E-state index in [9.17, 15) is 19.1 Å². The number of carbonyl (C=O) groups excluding carboxylic acids is 1. The Bertz CT molecular complexity index is 1550. The number of benzene rings is 2. The van der Waals surface area contributed by atoms with Crippen LogP contribution in [0.2, 0.25) is 0 Å². The molecule has 4 heterocycles. The molecule has 2 aromatic heterocycles. The molecule has 6 rings (SSSR count). The van der Waals surface area contributed by atoms with Crippen molar-refractivity contribution in [3.8, 4) is 0 Å². The van der Waals surface area contributed by atoms with Crippen LogP contribution < -0.4 is 5.56 Å². The molecule has 0 aliphatic carbocycles. The van der Waals surface area contributed by atoms with Crippen LogP contribution in [-0.4, -0.2) is 62.1 Å². The van der Waals surface area contributed by atoms with E-state index in [0.717, 1.165) is 5.56 Å². The maximum absolute atomic E-state index is 14.4. The van der Waals surface area contributed by atoms with Crippen molar-refractivity contribution in [1.82, 2.24) is 19.4 Å². The first-order chi connectivity index (χ1) is 19.4. The second kappa shape index (κ2) is 11.2. The van der Waals surface area contributed by atoms with E-state index in [-0.39, 0.29) is 35.7 Å². The lowest BCUT2D eigenvalue weighted by atomic mass is 9.79. The molecule has 2 aliphatic heterocycles. The standard InChI is InChI=1S/C31H33FN4O3S/c32-27-9-5-4-8-23(27)18-34-14-10-24(26(19-34)22-6-2-1-3-7-22)29(37)35-15-12-31(39,13-16-35)20-36-21-33-28-25(30(36)38)11-17-40-28/h1-9,11,17,21,24,26,39H,10,12-16,18-20H2/t24-,26+/m1/s1. The molecule has 2 fully saturated rings. The van der Waals surface area contributed by atoms with Crippen LogP contribution in [0.25, 0.3) is 10.2 Å². The first-order valence-corrected chi connectivity index (χ1v) is 14.7. The van der Waals surface area contributed by atoms with Crippen molar-refractivity contribution in [2.24, 2.45) is 5.92 Å². The minimum Gasteiger partial charge on any atom is -0.388 e. The van der Waals surface area contributed by atoms with E-state index in [4.69, 9.17) is 0 Å². The summed E-state index contributed by atoms with van der Waals surface area (Å²) in [6, 6.07) is 18.8. The predicted molar refractivity (Wildman–Crippen MR) is 154 cm³/mol. The lowest BCUT2D eigenvalue weighted by Crippen LogP contribution is -2.53. The SMILES string of the molecule is O=C([C@@H]1CCN(Cc2ccccc2F)C[C@H]1c1ccccc1)N1CCC(O)(Cn2cnc3sccc3c2=O)CC1. The maximum Gasteiger partial charge on any atom is 0.262 e. The Morgan fingerprint density at radius 3 is 2.58 bits per heavy atom. The summed E-state index contributed by atoms with van der Waals surface area (Å²) < 4.78 is 15.8. The zero-order chi connectivity index (χ0) is 27.7. The van der Waals surface area contributed by atoms with E-state index in [1.807, 2.05) is 40.6 Å². The zero-order valence-electron chi connectivity index (χ0n) is 22.3. The van der Waals surface area contributed by atoms with Crippen molar-refractivity contribution in [2.75, 3.05) is 26.2 Å². The first kappa shape index (κ1) is 26.8. The van der Waals surface area contributed by atoms with Crippen molar-refractivity contribution < 1.29 is 14.3 Å². The fourth-order valence-corrected chi connectivity index (χ4v) is 6.95. The summed E-state index contributed by atoms with van der Waals surface area (Å²) in [5.41, 5.74) is 0.560. The van der Waals surface area contributed by atoms with Crippen LogP contribution in [-0.2, 0) is 17.9 Å². The molecule has 208 valence electrons. The van der Waals surface area contributed by atoms with Crippen LogP contribution in [0.1, 0.15) is 36.3 Å². The molecule has 2 atom stereocenters. The lowest BCUT2D eigenvalue weighted by Gasteiger charge is -2.43. The Morgan fingerprint density at radius 2 is 1.80 bits per heavy atom. The molecule has 0 bridgehead atoms. The highest BCUT2D eigenvalue weighted by molar-refractivity contribution is 7.16. The van der Waals surface area contributed by atoms with Gasteiger partial charge in [0.25, 0.3) is 5.56 Å². The molecule has 1 N–H and O–H groups in total. The molecule has 9 heteroatoms. The Balaban J connectivity index is 1.14. The van der Waals surface area contributed by atoms with E-state index < -0.39 is 5.60 Å². The van der Waals surface area contributed by atoms with Gasteiger partial charge >= 0.3 is 0 Å². The van der Waals surface area contributed by atoms with Crippen LogP contribution in [0, 0.1) is 11.7 Å². The van der Waals surface area contributed by atoms with Gasteiger partial charge in [-0.3, -0.25) is 19.1 Å². The maximum atomic E-state index is 14.4. The number of amides is 1. The predicted octanol–water partition coefficient (Wildman–Crippen LogP) is 4.26. The van der Waals surface area contributed by atoms with Gasteiger partial charge in [0.2, 0.25) is 5.91 Å². The quantitative estimate of drug-likeness (QED) is 0.382. The van der Waals surface area contributed by atoms with E-state index in [1.54, 1.807) is 12.1 Å². The van der Waals surface area contributed by atoms with Gasteiger partial charge in [0.05, 0.1) is 23.9 Å². The molecular formula is C31H33FN4O3S. The number of carbonyl (C=O) groups is 1. The van der Waals surface area contributed by atoms with Crippen molar-refractivity contribution >= 4 is 27.5 Å². The molecule has 2 saturated heterocycles. The average Bonchev–Trinajstić information content (AvgIpc) is 3.46. The van der Waals surface area contributed by atoms with Gasteiger partial charge in [-0.2, -0.15) is 0 Å². The van der Waals surface area contributed by atoms with Crippen LogP contribution >= 0.6 is 11.3 Å². The fourth-order valence-electron chi connectivity index (χ4n) is 6.22. The first-order valence-electron chi connectivity index (χ1n) is 13.8. The molecule has 2 aromatic carbocycles. The molecule has 7 nitrogen and oxygen atoms in total. The molecule has 0 unspecified atom stereocenters. The number of aromatic nitrogens is 2. The lowest BCUT2D eigenvalue weighted by molar-refractivity contribution is -0.142. The molecule has 0 radical (unpaired) electrons. The number of thiophene rings is 1. The second-order valence-corrected chi connectivity index (χ2v) is 12.0. The van der Waals surface area contributed by atoms with Gasteiger partial charge in [-0.05, 0) is 48.9 Å². The van der Waals surface area contributed by atoms with Crippen LogP contribution in [0.5, 0.6) is 0 Å². The Labute approximate surface area is 236 Å². The van der Waals surface area contributed by atoms with Gasteiger partial charge < -0.3 is 10.0 Å². The highest BCUT2D eigenvalue weighted by Gasteiger charge is 2.41. The van der Waals surface area contributed by atoms with Crippen molar-refractivity contribution in [3.63, 3.8) is 0 Å². The van der Waals surface area contributed by atoms with Crippen molar-refractivity contribution in [1.29, 1.82) is 0 Å². The Morgan fingerprint density at radius 1 is 1.05 bits per heavy atom. The number of hydrogen-bond donors (Lipinski definition) is 1. The van der Waals surface area contributed by atoms with Gasteiger partial charge in [0.15, 0.2) is 0 Å². The monoisotopic (exact) mass is 560 g/mol. The topological polar surface area (TPSA) is 78.7 Å². The number of fused-ring (bicyclic) bond motifs is 1. The number of halogens is 1. The van der Waals surface area contributed by atoms with E-state index in [0.29, 0.717) is 67.8 Å². The van der Waals surface area contributed by atoms with Gasteiger partial charge in [0, 0.05) is 43.6 Å². The molecule has 4 aromatic rings. The number of aliphatic hydroxyl groups is 1. The minimum atomic E-state index is -1.08. The third kappa shape index (κ3) is 5.46. The summed E-state index contributed by atoms with van der Waals surface area (Å²) >= 11 is 1.42. The van der Waals surface area contributed by atoms with Crippen LogP contribution in [0.4, 0.5) is 4.39 Å². The third-order valence-electron chi connectivity index (χ3n) is 8.51. The van der Waals surface area contributed by atoms with Gasteiger partial charge in [-0.25, -0.2) is 9.37 Å². The van der Waals surface area contributed by atoms with E-state index >= 15 is 0 Å². The normalized spacial score (nSPS) is 21.5. The number of rotatable bonds is 6. The molecule has 0 saturated carbocycles. The number of likely N-dealkylation sites (tertiary alicyclic amines) is 2. The molecular weight excluding hydrogens is 527 g/mol. The molecule has 0 spiro atoms. The summed E-state index contributed by atoms with van der Waals surface area (Å²) in [7, 11) is 0. The van der Waals surface area contributed by atoms with Crippen molar-refractivity contribution in [2.45, 2.75) is 43.9 Å². The van der Waals surface area contributed by atoms with E-state index in [2.05, 4.69) is 22.0 Å².